The third-order valence-corrected chi connectivity index (χ3v) is 6.80. The molecule has 6 N–H and O–H groups in total. The first-order valence-corrected chi connectivity index (χ1v) is 12.5. The van der Waals surface area contributed by atoms with Crippen LogP contribution in [-0.4, -0.2) is 11.8 Å². The Balaban J connectivity index is 1.62. The second-order valence-electron chi connectivity index (χ2n) is 8.67. The number of carbonyl (C=O) groups is 2. The van der Waals surface area contributed by atoms with Crippen molar-refractivity contribution in [3.8, 4) is 0 Å². The minimum atomic E-state index is -4.95. The van der Waals surface area contributed by atoms with Crippen LogP contribution in [0.1, 0.15) is 31.8 Å². The molecule has 4 rings (SSSR count). The summed E-state index contributed by atoms with van der Waals surface area (Å²) in [6.07, 6.45) is -9.90. The molecule has 0 aliphatic heterocycles. The van der Waals surface area contributed by atoms with Gasteiger partial charge in [-0.15, -0.1) is 0 Å². The van der Waals surface area contributed by atoms with E-state index in [1.165, 1.54) is 48.5 Å². The van der Waals surface area contributed by atoms with E-state index in [2.05, 4.69) is 10.6 Å². The lowest BCUT2D eigenvalue weighted by atomic mass is 10.1. The molecular weight excluding hydrogens is 570 g/mol. The molecule has 0 aliphatic rings. The lowest BCUT2D eigenvalue weighted by molar-refractivity contribution is -0.140. The third kappa shape index (κ3) is 7.31. The average molecular weight is 591 g/mol. The summed E-state index contributed by atoms with van der Waals surface area (Å²) in [6, 6.07) is 16.9. The number of nitrogen functional groups attached to an aromatic ring is 2. The lowest BCUT2D eigenvalue weighted by Gasteiger charge is -2.18. The molecule has 0 bridgehead atoms. The number of nitrogens with one attached hydrogen (secondary N) is 2. The van der Waals surface area contributed by atoms with Gasteiger partial charge in [-0.05, 0) is 84.9 Å². The lowest BCUT2D eigenvalue weighted by Crippen LogP contribution is -2.14. The van der Waals surface area contributed by atoms with E-state index in [0.29, 0.717) is 23.5 Å². The maximum atomic E-state index is 13.9. The van der Waals surface area contributed by atoms with Crippen molar-refractivity contribution in [2.45, 2.75) is 22.1 Å². The van der Waals surface area contributed by atoms with Crippen molar-refractivity contribution in [1.29, 1.82) is 0 Å². The zero-order valence-corrected chi connectivity index (χ0v) is 21.5. The summed E-state index contributed by atoms with van der Waals surface area (Å²) in [5, 5.41) is 4.69. The molecule has 0 unspecified atom stereocenters. The first kappa shape index (κ1) is 29.3. The number of amides is 2. The fourth-order valence-corrected chi connectivity index (χ4v) is 4.71. The van der Waals surface area contributed by atoms with Gasteiger partial charge in [0.2, 0.25) is 0 Å². The van der Waals surface area contributed by atoms with Gasteiger partial charge in [0.15, 0.2) is 0 Å². The standard InChI is InChI=1S/C28H20F6N4O2S/c29-27(30,31)21-13-19(37-25(39)15-1-5-17(35)6-2-15)9-11-23(21)41-24-12-10-20(14-22(24)28(32,33)34)38-26(40)16-3-7-18(36)8-4-16/h1-14H,35-36H2,(H,37,39)(H,38,40). The number of nitrogens with two attached hydrogens (primary N) is 2. The van der Waals surface area contributed by atoms with E-state index in [-0.39, 0.29) is 34.3 Å². The van der Waals surface area contributed by atoms with Crippen molar-refractivity contribution in [2.24, 2.45) is 0 Å². The van der Waals surface area contributed by atoms with E-state index in [1.807, 2.05) is 0 Å². The third-order valence-electron chi connectivity index (χ3n) is 5.65. The van der Waals surface area contributed by atoms with Gasteiger partial charge in [-0.25, -0.2) is 0 Å². The zero-order valence-electron chi connectivity index (χ0n) is 20.7. The Hall–Kier alpha value is -4.65. The van der Waals surface area contributed by atoms with Crippen molar-refractivity contribution in [3.63, 3.8) is 0 Å². The minimum Gasteiger partial charge on any atom is -0.399 e. The Bertz CT molecular complexity index is 1470. The predicted octanol–water partition coefficient (Wildman–Crippen LogP) is 7.54. The second kappa shape index (κ2) is 11.5. The Morgan fingerprint density at radius 3 is 1.22 bits per heavy atom. The largest absolute Gasteiger partial charge is 0.417 e. The van der Waals surface area contributed by atoms with Crippen LogP contribution >= 0.6 is 11.8 Å². The normalized spacial score (nSPS) is 11.7. The monoisotopic (exact) mass is 590 g/mol. The molecule has 0 spiro atoms. The average Bonchev–Trinajstić information content (AvgIpc) is 2.90. The number of benzene rings is 4. The summed E-state index contributed by atoms with van der Waals surface area (Å²) >= 11 is 0.253. The molecule has 6 nitrogen and oxygen atoms in total. The fraction of sp³-hybridized carbons (Fsp3) is 0.0714. The number of hydrogen-bond donors (Lipinski definition) is 4. The molecular formula is C28H20F6N4O2S. The van der Waals surface area contributed by atoms with Crippen LogP contribution in [0.2, 0.25) is 0 Å². The number of anilines is 4. The molecule has 0 saturated heterocycles. The van der Waals surface area contributed by atoms with Crippen molar-refractivity contribution < 1.29 is 35.9 Å². The molecule has 4 aromatic rings. The van der Waals surface area contributed by atoms with E-state index in [9.17, 15) is 35.9 Å². The van der Waals surface area contributed by atoms with Gasteiger partial charge in [0, 0.05) is 43.7 Å². The molecule has 13 heteroatoms. The summed E-state index contributed by atoms with van der Waals surface area (Å²) in [4.78, 5) is 23.8. The highest BCUT2D eigenvalue weighted by molar-refractivity contribution is 7.99. The molecule has 0 aromatic heterocycles. The van der Waals surface area contributed by atoms with Crippen molar-refractivity contribution in [3.05, 3.63) is 107 Å². The molecule has 212 valence electrons. The first-order valence-electron chi connectivity index (χ1n) is 11.6. The molecule has 2 amide bonds. The number of halogens is 6. The van der Waals surface area contributed by atoms with Crippen LogP contribution in [0.3, 0.4) is 0 Å². The predicted molar refractivity (Wildman–Crippen MR) is 145 cm³/mol. The van der Waals surface area contributed by atoms with Gasteiger partial charge < -0.3 is 22.1 Å². The van der Waals surface area contributed by atoms with E-state index in [1.54, 1.807) is 0 Å². The molecule has 0 atom stereocenters. The maximum absolute atomic E-state index is 13.9. The highest BCUT2D eigenvalue weighted by Gasteiger charge is 2.37. The van der Waals surface area contributed by atoms with E-state index in [4.69, 9.17) is 11.5 Å². The minimum absolute atomic E-state index is 0.143. The van der Waals surface area contributed by atoms with Crippen LogP contribution in [0, 0.1) is 0 Å². The van der Waals surface area contributed by atoms with Gasteiger partial charge in [0.05, 0.1) is 11.1 Å². The smallest absolute Gasteiger partial charge is 0.399 e. The van der Waals surface area contributed by atoms with E-state index >= 15 is 0 Å². The number of hydrogen-bond acceptors (Lipinski definition) is 5. The summed E-state index contributed by atoms with van der Waals surface area (Å²) in [5.41, 5.74) is 9.30. The molecule has 41 heavy (non-hydrogen) atoms. The Morgan fingerprint density at radius 2 is 0.902 bits per heavy atom. The van der Waals surface area contributed by atoms with Gasteiger partial charge >= 0.3 is 12.4 Å². The summed E-state index contributed by atoms with van der Waals surface area (Å²) in [6.45, 7) is 0. The van der Waals surface area contributed by atoms with Crippen LogP contribution in [0.15, 0.2) is 94.7 Å². The van der Waals surface area contributed by atoms with Gasteiger partial charge in [0.1, 0.15) is 0 Å². The van der Waals surface area contributed by atoms with Crippen molar-refractivity contribution in [2.75, 3.05) is 22.1 Å². The van der Waals surface area contributed by atoms with E-state index in [0.717, 1.165) is 24.3 Å². The summed E-state index contributed by atoms with van der Waals surface area (Å²) in [5.74, 6) is -1.40. The van der Waals surface area contributed by atoms with Gasteiger partial charge in [-0.1, -0.05) is 11.8 Å². The Kier molecular flexibility index (Phi) is 8.19. The maximum Gasteiger partial charge on any atom is 0.417 e. The van der Waals surface area contributed by atoms with Crippen molar-refractivity contribution >= 4 is 46.3 Å². The van der Waals surface area contributed by atoms with Crippen LogP contribution in [-0.2, 0) is 12.4 Å². The number of rotatable bonds is 6. The highest BCUT2D eigenvalue weighted by Crippen LogP contribution is 2.45. The molecule has 0 saturated carbocycles. The molecule has 0 heterocycles. The van der Waals surface area contributed by atoms with Gasteiger partial charge in [-0.2, -0.15) is 26.3 Å². The molecule has 0 radical (unpaired) electrons. The Labute approximate surface area is 233 Å². The molecule has 4 aromatic carbocycles. The molecule has 0 aliphatic carbocycles. The quantitative estimate of drug-likeness (QED) is 0.137. The van der Waals surface area contributed by atoms with E-state index < -0.39 is 45.1 Å². The van der Waals surface area contributed by atoms with Crippen LogP contribution < -0.4 is 22.1 Å². The topological polar surface area (TPSA) is 110 Å². The SMILES string of the molecule is Nc1ccc(C(=O)Nc2ccc(Sc3ccc(NC(=O)c4ccc(N)cc4)cc3C(F)(F)F)c(C(F)(F)F)c2)cc1. The van der Waals surface area contributed by atoms with Crippen molar-refractivity contribution in [1.82, 2.24) is 0 Å². The number of alkyl halides is 6. The second-order valence-corrected chi connectivity index (χ2v) is 9.76. The molecule has 0 fully saturated rings. The summed E-state index contributed by atoms with van der Waals surface area (Å²) in [7, 11) is 0. The van der Waals surface area contributed by atoms with Crippen LogP contribution in [0.5, 0.6) is 0 Å². The fourth-order valence-electron chi connectivity index (χ4n) is 3.63. The number of carbonyl (C=O) groups excluding carboxylic acids is 2. The van der Waals surface area contributed by atoms with Gasteiger partial charge in [0.25, 0.3) is 11.8 Å². The zero-order chi connectivity index (χ0) is 29.9. The van der Waals surface area contributed by atoms with Crippen LogP contribution in [0.4, 0.5) is 49.1 Å². The van der Waals surface area contributed by atoms with Crippen LogP contribution in [0.25, 0.3) is 0 Å². The van der Waals surface area contributed by atoms with Gasteiger partial charge in [-0.3, -0.25) is 9.59 Å². The summed E-state index contributed by atoms with van der Waals surface area (Å²) < 4.78 is 83.7. The Morgan fingerprint density at radius 1 is 0.561 bits per heavy atom. The highest BCUT2D eigenvalue weighted by atomic mass is 32.2. The first-order chi connectivity index (χ1) is 19.2.